The molecule has 39 heavy (non-hydrogen) atoms. The number of amides is 1. The summed E-state index contributed by atoms with van der Waals surface area (Å²) >= 11 is 0. The van der Waals surface area contributed by atoms with E-state index in [-0.39, 0.29) is 18.0 Å². The maximum atomic E-state index is 13.6. The van der Waals surface area contributed by atoms with Gasteiger partial charge in [-0.25, -0.2) is 9.97 Å². The number of carbonyl (C=O) groups excluding carboxylic acids is 1. The van der Waals surface area contributed by atoms with Gasteiger partial charge in [0, 0.05) is 67.0 Å². The number of nitrogens with zero attached hydrogens (tertiary/aromatic N) is 5. The van der Waals surface area contributed by atoms with Crippen LogP contribution in [0.15, 0.2) is 41.6 Å². The second-order valence-corrected chi connectivity index (χ2v) is 9.99. The van der Waals surface area contributed by atoms with Gasteiger partial charge in [0.2, 0.25) is 5.95 Å². The number of nitrogens with one attached hydrogen (secondary N) is 2. The maximum absolute atomic E-state index is 13.6. The third-order valence-corrected chi connectivity index (χ3v) is 7.21. The molecule has 4 heterocycles. The zero-order valence-corrected chi connectivity index (χ0v) is 23.0. The molecule has 0 aliphatic carbocycles. The van der Waals surface area contributed by atoms with Gasteiger partial charge >= 0.3 is 0 Å². The summed E-state index contributed by atoms with van der Waals surface area (Å²) in [7, 11) is 1.89. The predicted molar refractivity (Wildman–Crippen MR) is 150 cm³/mol. The topological polar surface area (TPSA) is 118 Å². The van der Waals surface area contributed by atoms with Crippen LogP contribution >= 0.6 is 0 Å². The number of hydrogen-bond donors (Lipinski definition) is 2. The number of rotatable bonds is 6. The van der Waals surface area contributed by atoms with E-state index < -0.39 is 0 Å². The fourth-order valence-corrected chi connectivity index (χ4v) is 5.06. The first kappa shape index (κ1) is 26.3. The Morgan fingerprint density at radius 3 is 2.36 bits per heavy atom. The summed E-state index contributed by atoms with van der Waals surface area (Å²) in [6, 6.07) is 5.82. The number of anilines is 1. The molecule has 3 aromatic heterocycles. The van der Waals surface area contributed by atoms with Crippen molar-refractivity contribution in [2.24, 2.45) is 7.05 Å². The van der Waals surface area contributed by atoms with Gasteiger partial charge in [-0.15, -0.1) is 0 Å². The molecule has 0 atom stereocenters. The molecule has 10 nitrogen and oxygen atoms in total. The van der Waals surface area contributed by atoms with Crippen LogP contribution in [0.4, 0.5) is 5.95 Å². The first-order valence-corrected chi connectivity index (χ1v) is 13.0. The van der Waals surface area contributed by atoms with Crippen LogP contribution in [0.3, 0.4) is 0 Å². The Bertz CT molecular complexity index is 1560. The molecule has 4 aromatic rings. The van der Waals surface area contributed by atoms with E-state index in [9.17, 15) is 9.59 Å². The Labute approximate surface area is 227 Å². The Kier molecular flexibility index (Phi) is 7.30. The average molecular weight is 528 g/mol. The number of pyridine rings is 1. The number of hydrogen-bond acceptors (Lipinski definition) is 7. The molecule has 1 saturated heterocycles. The molecule has 0 unspecified atom stereocenters. The van der Waals surface area contributed by atoms with Gasteiger partial charge in [0.05, 0.1) is 25.1 Å². The summed E-state index contributed by atoms with van der Waals surface area (Å²) < 4.78 is 7.25. The van der Waals surface area contributed by atoms with Crippen LogP contribution in [-0.2, 0) is 18.3 Å². The van der Waals surface area contributed by atoms with Crippen molar-refractivity contribution < 1.29 is 9.53 Å². The highest BCUT2D eigenvalue weighted by Gasteiger charge is 2.20. The van der Waals surface area contributed by atoms with E-state index in [1.54, 1.807) is 12.4 Å². The lowest BCUT2D eigenvalue weighted by Gasteiger charge is -2.26. The van der Waals surface area contributed by atoms with Crippen molar-refractivity contribution in [2.45, 2.75) is 34.2 Å². The smallest absolute Gasteiger partial charge is 0.253 e. The number of morpholine rings is 1. The lowest BCUT2D eigenvalue weighted by Crippen LogP contribution is -2.37. The number of ether oxygens (including phenoxy) is 1. The highest BCUT2D eigenvalue weighted by atomic mass is 16.5. The molecule has 5 rings (SSSR count). The summed E-state index contributed by atoms with van der Waals surface area (Å²) in [5.74, 6) is 0.397. The van der Waals surface area contributed by atoms with Crippen molar-refractivity contribution in [1.82, 2.24) is 30.0 Å². The standard InChI is InChI=1S/C29H33N7O3/c1-17-10-19(3)34-28(38)25(17)16-30-27(37)24-12-21(11-23(20(24)4)26-18(2)13-33-35(26)5)22-14-31-29(32-15-22)36-6-8-39-9-7-36/h10-15H,6-9,16H2,1-5H3,(H,30,37)(H,34,38). The fraction of sp³-hybridized carbons (Fsp3) is 0.345. The zero-order valence-electron chi connectivity index (χ0n) is 23.0. The summed E-state index contributed by atoms with van der Waals surface area (Å²) in [4.78, 5) is 40.2. The van der Waals surface area contributed by atoms with E-state index in [0.29, 0.717) is 30.3 Å². The third-order valence-electron chi connectivity index (χ3n) is 7.21. The fourth-order valence-electron chi connectivity index (χ4n) is 5.06. The molecule has 1 aromatic carbocycles. The lowest BCUT2D eigenvalue weighted by molar-refractivity contribution is 0.0950. The van der Waals surface area contributed by atoms with Crippen LogP contribution in [0.25, 0.3) is 22.4 Å². The molecule has 1 aliphatic rings. The van der Waals surface area contributed by atoms with E-state index in [0.717, 1.165) is 57.9 Å². The molecule has 10 heteroatoms. The van der Waals surface area contributed by atoms with E-state index in [2.05, 4.69) is 36.3 Å². The molecule has 2 N–H and O–H groups in total. The Morgan fingerprint density at radius 2 is 1.72 bits per heavy atom. The normalized spacial score (nSPS) is 13.5. The molecule has 202 valence electrons. The van der Waals surface area contributed by atoms with Crippen molar-refractivity contribution in [2.75, 3.05) is 31.2 Å². The average Bonchev–Trinajstić information content (AvgIpc) is 3.26. The number of aryl methyl sites for hydroxylation is 4. The van der Waals surface area contributed by atoms with Crippen LogP contribution in [-0.4, -0.2) is 56.9 Å². The van der Waals surface area contributed by atoms with Gasteiger partial charge in [0.25, 0.3) is 11.5 Å². The van der Waals surface area contributed by atoms with Crippen molar-refractivity contribution in [3.8, 4) is 22.4 Å². The molecule has 1 amide bonds. The minimum Gasteiger partial charge on any atom is -0.378 e. The van der Waals surface area contributed by atoms with Crippen LogP contribution in [0.2, 0.25) is 0 Å². The Balaban J connectivity index is 1.52. The number of H-pyrrole nitrogens is 1. The Morgan fingerprint density at radius 1 is 1.00 bits per heavy atom. The largest absolute Gasteiger partial charge is 0.378 e. The zero-order chi connectivity index (χ0) is 27.7. The van der Waals surface area contributed by atoms with Gasteiger partial charge in [-0.1, -0.05) is 0 Å². The summed E-state index contributed by atoms with van der Waals surface area (Å²) in [5.41, 5.74) is 7.76. The number of carbonyl (C=O) groups is 1. The number of aromatic nitrogens is 5. The lowest BCUT2D eigenvalue weighted by atomic mass is 9.92. The van der Waals surface area contributed by atoms with Crippen LogP contribution in [0.1, 0.15) is 38.3 Å². The van der Waals surface area contributed by atoms with Gasteiger partial charge in [-0.2, -0.15) is 5.10 Å². The van der Waals surface area contributed by atoms with E-state index >= 15 is 0 Å². The van der Waals surface area contributed by atoms with E-state index in [4.69, 9.17) is 4.74 Å². The second-order valence-electron chi connectivity index (χ2n) is 9.99. The van der Waals surface area contributed by atoms with Gasteiger partial charge in [0.15, 0.2) is 0 Å². The predicted octanol–water partition coefficient (Wildman–Crippen LogP) is 3.23. The van der Waals surface area contributed by atoms with Crippen LogP contribution in [0.5, 0.6) is 0 Å². The van der Waals surface area contributed by atoms with Crippen LogP contribution < -0.4 is 15.8 Å². The minimum absolute atomic E-state index is 0.126. The van der Waals surface area contributed by atoms with Crippen molar-refractivity contribution in [3.63, 3.8) is 0 Å². The monoisotopic (exact) mass is 527 g/mol. The van der Waals surface area contributed by atoms with Crippen molar-refractivity contribution >= 4 is 11.9 Å². The van der Waals surface area contributed by atoms with Gasteiger partial charge in [-0.3, -0.25) is 14.3 Å². The van der Waals surface area contributed by atoms with Crippen molar-refractivity contribution in [1.29, 1.82) is 0 Å². The SMILES string of the molecule is Cc1cc(C)c(CNC(=O)c2cc(-c3cnc(N4CCOCC4)nc3)cc(-c3c(C)cnn3C)c2C)c(=O)[nH]1. The van der Waals surface area contributed by atoms with Crippen LogP contribution in [0, 0.1) is 27.7 Å². The molecule has 0 radical (unpaired) electrons. The van der Waals surface area contributed by atoms with Gasteiger partial charge in [0.1, 0.15) is 0 Å². The van der Waals surface area contributed by atoms with Crippen molar-refractivity contribution in [3.05, 3.63) is 80.7 Å². The number of benzene rings is 1. The first-order chi connectivity index (χ1) is 18.7. The third kappa shape index (κ3) is 5.33. The molecule has 0 spiro atoms. The Hall–Kier alpha value is -4.31. The molecule has 0 bridgehead atoms. The van der Waals surface area contributed by atoms with Gasteiger partial charge in [-0.05, 0) is 68.1 Å². The van der Waals surface area contributed by atoms with E-state index in [1.807, 2.05) is 57.8 Å². The van der Waals surface area contributed by atoms with E-state index in [1.165, 1.54) is 0 Å². The van der Waals surface area contributed by atoms with Gasteiger partial charge < -0.3 is 19.9 Å². The summed E-state index contributed by atoms with van der Waals surface area (Å²) in [6.45, 7) is 10.6. The second kappa shape index (κ2) is 10.8. The first-order valence-electron chi connectivity index (χ1n) is 13.0. The molecule has 0 saturated carbocycles. The highest BCUT2D eigenvalue weighted by molar-refractivity contribution is 5.99. The molecular formula is C29H33N7O3. The minimum atomic E-state index is -0.263. The summed E-state index contributed by atoms with van der Waals surface area (Å²) in [6.07, 6.45) is 5.40. The molecule has 1 fully saturated rings. The highest BCUT2D eigenvalue weighted by Crippen LogP contribution is 2.33. The maximum Gasteiger partial charge on any atom is 0.253 e. The number of aromatic amines is 1. The molecular weight excluding hydrogens is 494 g/mol. The quantitative estimate of drug-likeness (QED) is 0.395. The molecule has 1 aliphatic heterocycles. The summed E-state index contributed by atoms with van der Waals surface area (Å²) in [5, 5.41) is 7.37.